The van der Waals surface area contributed by atoms with Gasteiger partial charge >= 0.3 is 6.18 Å². The van der Waals surface area contributed by atoms with Gasteiger partial charge in [-0.15, -0.1) is 0 Å². The second-order valence-corrected chi connectivity index (χ2v) is 5.47. The Morgan fingerprint density at radius 1 is 1.15 bits per heavy atom. The van der Waals surface area contributed by atoms with Crippen molar-refractivity contribution in [1.29, 1.82) is 0 Å². The van der Waals surface area contributed by atoms with Crippen LogP contribution in [0.25, 0.3) is 0 Å². The van der Waals surface area contributed by atoms with E-state index in [1.165, 1.54) is 6.07 Å². The van der Waals surface area contributed by atoms with E-state index in [0.29, 0.717) is 5.56 Å². The van der Waals surface area contributed by atoms with Gasteiger partial charge in [-0.25, -0.2) is 0 Å². The zero-order valence-electron chi connectivity index (χ0n) is 12.5. The lowest BCUT2D eigenvalue weighted by molar-refractivity contribution is -0.138. The predicted molar refractivity (Wildman–Crippen MR) is 75.6 cm³/mol. The maximum atomic E-state index is 13.0. The zero-order chi connectivity index (χ0) is 15.3. The fourth-order valence-corrected chi connectivity index (χ4v) is 2.18. The third-order valence-electron chi connectivity index (χ3n) is 3.28. The van der Waals surface area contributed by atoms with Crippen molar-refractivity contribution in [3.05, 3.63) is 35.4 Å². The lowest BCUT2D eigenvalue weighted by Gasteiger charge is -2.24. The Kier molecular flexibility index (Phi) is 6.02. The van der Waals surface area contributed by atoms with Gasteiger partial charge in [0, 0.05) is 12.1 Å². The summed E-state index contributed by atoms with van der Waals surface area (Å²) < 4.78 is 38.9. The molecule has 1 aromatic rings. The van der Waals surface area contributed by atoms with Crippen LogP contribution in [0.4, 0.5) is 13.2 Å². The van der Waals surface area contributed by atoms with E-state index in [9.17, 15) is 13.2 Å². The molecule has 0 heterocycles. The minimum Gasteiger partial charge on any atom is -0.309 e. The first-order chi connectivity index (χ1) is 9.21. The number of alkyl halides is 3. The van der Waals surface area contributed by atoms with E-state index in [4.69, 9.17) is 0 Å². The molecule has 114 valence electrons. The quantitative estimate of drug-likeness (QED) is 0.858. The maximum absolute atomic E-state index is 13.0. The molecule has 0 saturated heterocycles. The van der Waals surface area contributed by atoms with Gasteiger partial charge in [0.1, 0.15) is 0 Å². The molecular formula is C15H23F3N2. The molecule has 0 saturated carbocycles. The van der Waals surface area contributed by atoms with E-state index in [0.717, 1.165) is 19.0 Å². The second kappa shape index (κ2) is 7.09. The van der Waals surface area contributed by atoms with Crippen LogP contribution < -0.4 is 5.32 Å². The van der Waals surface area contributed by atoms with Crippen molar-refractivity contribution in [3.63, 3.8) is 0 Å². The third-order valence-corrected chi connectivity index (χ3v) is 3.28. The highest BCUT2D eigenvalue weighted by Gasteiger charge is 2.34. The van der Waals surface area contributed by atoms with Gasteiger partial charge in [-0.05, 0) is 52.5 Å². The first kappa shape index (κ1) is 17.0. The van der Waals surface area contributed by atoms with Crippen LogP contribution in [0, 0.1) is 0 Å². The minimum absolute atomic E-state index is 0.161. The first-order valence-corrected chi connectivity index (χ1v) is 6.78. The van der Waals surface area contributed by atoms with Crippen LogP contribution in [0.15, 0.2) is 24.3 Å². The van der Waals surface area contributed by atoms with Gasteiger partial charge in [-0.3, -0.25) is 0 Å². The molecule has 0 fully saturated rings. The van der Waals surface area contributed by atoms with E-state index in [2.05, 4.69) is 10.2 Å². The fourth-order valence-electron chi connectivity index (χ4n) is 2.18. The highest BCUT2D eigenvalue weighted by Crippen LogP contribution is 2.34. The van der Waals surface area contributed by atoms with Crippen LogP contribution in [-0.2, 0) is 6.18 Å². The highest BCUT2D eigenvalue weighted by atomic mass is 19.4. The lowest BCUT2D eigenvalue weighted by atomic mass is 10.00. The maximum Gasteiger partial charge on any atom is 0.416 e. The number of nitrogens with zero attached hydrogens (tertiary/aromatic N) is 1. The van der Waals surface area contributed by atoms with Gasteiger partial charge in [0.15, 0.2) is 0 Å². The summed E-state index contributed by atoms with van der Waals surface area (Å²) >= 11 is 0. The van der Waals surface area contributed by atoms with E-state index in [1.54, 1.807) is 19.1 Å². The summed E-state index contributed by atoms with van der Waals surface area (Å²) in [5, 5.41) is 3.24. The lowest BCUT2D eigenvalue weighted by Crippen LogP contribution is -2.32. The number of halogens is 3. The van der Waals surface area contributed by atoms with Crippen molar-refractivity contribution in [2.45, 2.75) is 38.5 Å². The van der Waals surface area contributed by atoms with Crippen molar-refractivity contribution >= 4 is 0 Å². The predicted octanol–water partition coefficient (Wildman–Crippen LogP) is 3.70. The smallest absolute Gasteiger partial charge is 0.309 e. The normalized spacial score (nSPS) is 15.4. The van der Waals surface area contributed by atoms with Crippen molar-refractivity contribution in [3.8, 4) is 0 Å². The van der Waals surface area contributed by atoms with Crippen molar-refractivity contribution in [1.82, 2.24) is 10.2 Å². The Balaban J connectivity index is 2.75. The molecule has 5 heteroatoms. The monoisotopic (exact) mass is 288 g/mol. The van der Waals surface area contributed by atoms with Crippen LogP contribution in [0.3, 0.4) is 0 Å². The van der Waals surface area contributed by atoms with Gasteiger partial charge < -0.3 is 10.2 Å². The summed E-state index contributed by atoms with van der Waals surface area (Å²) in [6.07, 6.45) is -3.41. The van der Waals surface area contributed by atoms with Gasteiger partial charge in [0.05, 0.1) is 5.56 Å². The molecule has 0 radical (unpaired) electrons. The summed E-state index contributed by atoms with van der Waals surface area (Å²) in [7, 11) is 3.96. The van der Waals surface area contributed by atoms with Gasteiger partial charge in [-0.1, -0.05) is 18.2 Å². The van der Waals surface area contributed by atoms with E-state index >= 15 is 0 Å². The first-order valence-electron chi connectivity index (χ1n) is 6.78. The molecule has 0 amide bonds. The number of rotatable bonds is 6. The van der Waals surface area contributed by atoms with E-state index in [1.807, 2.05) is 21.0 Å². The number of hydrogen-bond donors (Lipinski definition) is 1. The Hall–Kier alpha value is -1.07. The SMILES string of the molecule is CC(CCN(C)C)NC(C)c1ccccc1C(F)(F)F. The van der Waals surface area contributed by atoms with Crippen LogP contribution in [0.5, 0.6) is 0 Å². The molecule has 0 spiro atoms. The Morgan fingerprint density at radius 2 is 1.75 bits per heavy atom. The van der Waals surface area contributed by atoms with Gasteiger partial charge in [0.25, 0.3) is 0 Å². The Bertz CT molecular complexity index is 416. The molecule has 0 bridgehead atoms. The minimum atomic E-state index is -4.31. The fraction of sp³-hybridized carbons (Fsp3) is 0.600. The second-order valence-electron chi connectivity index (χ2n) is 5.47. The van der Waals surface area contributed by atoms with E-state index in [-0.39, 0.29) is 12.1 Å². The summed E-state index contributed by atoms with van der Waals surface area (Å²) in [5.41, 5.74) is -0.253. The van der Waals surface area contributed by atoms with Crippen LogP contribution in [-0.4, -0.2) is 31.6 Å². The third kappa shape index (κ3) is 5.13. The van der Waals surface area contributed by atoms with E-state index < -0.39 is 11.7 Å². The molecule has 1 N–H and O–H groups in total. The average molecular weight is 288 g/mol. The Morgan fingerprint density at radius 3 is 2.30 bits per heavy atom. The van der Waals surface area contributed by atoms with Crippen LogP contribution in [0.2, 0.25) is 0 Å². The highest BCUT2D eigenvalue weighted by molar-refractivity contribution is 5.32. The molecule has 0 aromatic heterocycles. The summed E-state index contributed by atoms with van der Waals surface area (Å²) in [6.45, 7) is 4.68. The zero-order valence-corrected chi connectivity index (χ0v) is 12.5. The molecule has 0 aliphatic heterocycles. The van der Waals surface area contributed by atoms with Crippen LogP contribution in [0.1, 0.15) is 37.4 Å². The largest absolute Gasteiger partial charge is 0.416 e. The molecular weight excluding hydrogens is 265 g/mol. The summed E-state index contributed by atoms with van der Waals surface area (Å²) in [6, 6.07) is 5.58. The van der Waals surface area contributed by atoms with Crippen LogP contribution >= 0.6 is 0 Å². The van der Waals surface area contributed by atoms with Gasteiger partial charge in [0.2, 0.25) is 0 Å². The van der Waals surface area contributed by atoms with Crippen molar-refractivity contribution < 1.29 is 13.2 Å². The number of nitrogens with one attached hydrogen (secondary N) is 1. The summed E-state index contributed by atoms with van der Waals surface area (Å²) in [4.78, 5) is 2.06. The molecule has 0 aliphatic rings. The topological polar surface area (TPSA) is 15.3 Å². The molecule has 2 atom stereocenters. The molecule has 1 aromatic carbocycles. The standard InChI is InChI=1S/C15H23F3N2/c1-11(9-10-20(3)4)19-12(2)13-7-5-6-8-14(13)15(16,17)18/h5-8,11-12,19H,9-10H2,1-4H3. The molecule has 2 unspecified atom stereocenters. The number of benzene rings is 1. The average Bonchev–Trinajstić information content (AvgIpc) is 2.35. The molecule has 1 rings (SSSR count). The van der Waals surface area contributed by atoms with Crippen molar-refractivity contribution in [2.75, 3.05) is 20.6 Å². The Labute approximate surface area is 119 Å². The molecule has 2 nitrogen and oxygen atoms in total. The summed E-state index contributed by atoms with van der Waals surface area (Å²) in [5.74, 6) is 0. The van der Waals surface area contributed by atoms with Crippen molar-refractivity contribution in [2.24, 2.45) is 0 Å². The molecule has 20 heavy (non-hydrogen) atoms. The number of hydrogen-bond acceptors (Lipinski definition) is 2. The molecule has 0 aliphatic carbocycles. The van der Waals surface area contributed by atoms with Gasteiger partial charge in [-0.2, -0.15) is 13.2 Å².